The molecule has 3 aromatic carbocycles. The Bertz CT molecular complexity index is 1910. The van der Waals surface area contributed by atoms with Crippen LogP contribution in [-0.4, -0.2) is 47.5 Å². The summed E-state index contributed by atoms with van der Waals surface area (Å²) in [6.45, 7) is -0.165. The lowest BCUT2D eigenvalue weighted by atomic mass is 9.59. The highest BCUT2D eigenvalue weighted by atomic mass is 79.9. The van der Waals surface area contributed by atoms with Gasteiger partial charge in [0, 0.05) is 39.8 Å². The predicted octanol–water partition coefficient (Wildman–Crippen LogP) is 5.26. The van der Waals surface area contributed by atoms with Crippen LogP contribution in [0.3, 0.4) is 0 Å². The molecule has 2 amide bonds. The lowest BCUT2D eigenvalue weighted by Gasteiger charge is -2.42. The number of carbonyl (C=O) groups excluding carboxylic acids is 5. The largest absolute Gasteiger partial charge is 0.491 e. The van der Waals surface area contributed by atoms with E-state index in [9.17, 15) is 29.1 Å². The molecule has 3 aliphatic carbocycles. The molecule has 7 rings (SSSR count). The number of hydrogen-bond acceptors (Lipinski definition) is 7. The van der Waals surface area contributed by atoms with Crippen molar-refractivity contribution in [2.45, 2.75) is 18.8 Å². The van der Waals surface area contributed by atoms with Crippen LogP contribution in [0.5, 0.6) is 5.75 Å². The molecule has 4 atom stereocenters. The van der Waals surface area contributed by atoms with Crippen molar-refractivity contribution >= 4 is 50.8 Å². The molecule has 1 aliphatic heterocycles. The Kier molecular flexibility index (Phi) is 7.74. The summed E-state index contributed by atoms with van der Waals surface area (Å²) in [6, 6.07) is 22.5. The molecule has 9 heteroatoms. The molecule has 1 N–H and O–H groups in total. The van der Waals surface area contributed by atoms with Crippen molar-refractivity contribution in [3.8, 4) is 5.75 Å². The maximum atomic E-state index is 14.2. The zero-order valence-corrected chi connectivity index (χ0v) is 26.1. The van der Waals surface area contributed by atoms with Crippen LogP contribution in [0.2, 0.25) is 0 Å². The average Bonchev–Trinajstić information content (AvgIpc) is 3.34. The number of hydrogen-bond donors (Lipinski definition) is 1. The highest BCUT2D eigenvalue weighted by Gasteiger charge is 2.57. The number of amides is 2. The van der Waals surface area contributed by atoms with Gasteiger partial charge in [0.05, 0.1) is 28.6 Å². The van der Waals surface area contributed by atoms with Gasteiger partial charge in [-0.25, -0.2) is 0 Å². The number of ether oxygens (including phenoxy) is 1. The third-order valence-electron chi connectivity index (χ3n) is 9.33. The number of rotatable bonds is 7. The summed E-state index contributed by atoms with van der Waals surface area (Å²) >= 11 is 3.25. The van der Waals surface area contributed by atoms with Crippen molar-refractivity contribution in [1.82, 2.24) is 0 Å². The van der Waals surface area contributed by atoms with Gasteiger partial charge in [0.25, 0.3) is 0 Å². The molecule has 0 bridgehead atoms. The Balaban J connectivity index is 1.26. The summed E-state index contributed by atoms with van der Waals surface area (Å²) in [5.74, 6) is -3.58. The molecule has 0 radical (unpaired) electrons. The van der Waals surface area contributed by atoms with Gasteiger partial charge >= 0.3 is 0 Å². The normalized spacial score (nSPS) is 23.8. The highest BCUT2D eigenvalue weighted by molar-refractivity contribution is 9.12. The number of anilines is 1. The quantitative estimate of drug-likeness (QED) is 0.157. The molecule has 0 spiro atoms. The minimum Gasteiger partial charge on any atom is -0.491 e. The van der Waals surface area contributed by atoms with Crippen LogP contribution >= 0.6 is 15.9 Å². The number of ketones is 3. The van der Waals surface area contributed by atoms with Crippen LogP contribution in [0, 0.1) is 17.8 Å². The molecular formula is C37H28BrNO7. The zero-order valence-electron chi connectivity index (χ0n) is 24.5. The number of halogens is 1. The fraction of sp³-hybridized carbons (Fsp3) is 0.216. The number of carbonyl (C=O) groups is 5. The molecule has 0 saturated carbocycles. The number of allylic oxidation sites excluding steroid dienone is 6. The first-order valence-electron chi connectivity index (χ1n) is 15.1. The molecule has 3 aromatic rings. The summed E-state index contributed by atoms with van der Waals surface area (Å²) in [5.41, 5.74) is 3.48. The van der Waals surface area contributed by atoms with Crippen molar-refractivity contribution in [2.75, 3.05) is 18.1 Å². The molecule has 4 unspecified atom stereocenters. The van der Waals surface area contributed by atoms with Gasteiger partial charge in [-0.2, -0.15) is 0 Å². The maximum Gasteiger partial charge on any atom is 0.238 e. The Hall–Kier alpha value is -4.73. The molecule has 1 saturated heterocycles. The third kappa shape index (κ3) is 4.82. The fourth-order valence-electron chi connectivity index (χ4n) is 7.34. The van der Waals surface area contributed by atoms with E-state index in [1.165, 1.54) is 11.0 Å². The number of para-hydroxylation sites is 1. The van der Waals surface area contributed by atoms with E-state index < -0.39 is 23.7 Å². The summed E-state index contributed by atoms with van der Waals surface area (Å²) in [5, 5.41) is 9.43. The first-order chi connectivity index (χ1) is 22.3. The number of aliphatic hydroxyl groups excluding tert-OH is 1. The van der Waals surface area contributed by atoms with E-state index in [1.807, 2.05) is 24.3 Å². The SMILES string of the molecule is O=C1C=C(Br)C(=O)C2=C1C(c1ccccc1OCCO)C1=CCC3C(=O)N(c4ccc(C(=O)c5ccccc5)cc4)C(=O)C3C1C2. The van der Waals surface area contributed by atoms with Gasteiger partial charge in [-0.15, -0.1) is 0 Å². The standard InChI is InChI=1S/C37H28BrNO7/c38-28-19-29(41)33-27(35(28)43)18-26-23(31(33)24-8-4-5-9-30(24)46-17-16-40)14-15-25-32(26)37(45)39(36(25)44)22-12-10-21(11-13-22)34(42)20-6-2-1-3-7-20/h1-14,19,25-26,31-32,40H,15-18H2. The molecular weight excluding hydrogens is 650 g/mol. The van der Waals surface area contributed by atoms with E-state index >= 15 is 0 Å². The summed E-state index contributed by atoms with van der Waals surface area (Å²) < 4.78 is 6.02. The van der Waals surface area contributed by atoms with Crippen LogP contribution in [0.25, 0.3) is 0 Å². The second-order valence-electron chi connectivity index (χ2n) is 11.8. The minimum absolute atomic E-state index is 0.0405. The Morgan fingerprint density at radius 2 is 1.57 bits per heavy atom. The first kappa shape index (κ1) is 30.0. The number of aliphatic hydroxyl groups is 1. The van der Waals surface area contributed by atoms with Crippen molar-refractivity contribution in [3.63, 3.8) is 0 Å². The van der Waals surface area contributed by atoms with E-state index in [0.717, 1.165) is 5.57 Å². The van der Waals surface area contributed by atoms with E-state index in [2.05, 4.69) is 15.9 Å². The smallest absolute Gasteiger partial charge is 0.238 e. The molecule has 0 aromatic heterocycles. The fourth-order valence-corrected chi connectivity index (χ4v) is 7.79. The van der Waals surface area contributed by atoms with Crippen LogP contribution in [0.15, 0.2) is 112 Å². The number of imide groups is 1. The van der Waals surface area contributed by atoms with Gasteiger partial charge in [-0.05, 0) is 65.0 Å². The summed E-state index contributed by atoms with van der Waals surface area (Å²) in [4.78, 5) is 69.3. The third-order valence-corrected chi connectivity index (χ3v) is 9.92. The summed E-state index contributed by atoms with van der Waals surface area (Å²) in [7, 11) is 0. The number of fused-ring (bicyclic) bond motifs is 3. The van der Waals surface area contributed by atoms with Gasteiger partial charge in [-0.1, -0.05) is 60.2 Å². The second kappa shape index (κ2) is 11.9. The van der Waals surface area contributed by atoms with Crippen LogP contribution in [0.4, 0.5) is 5.69 Å². The average molecular weight is 679 g/mol. The Labute approximate surface area is 273 Å². The molecule has 1 fully saturated rings. The van der Waals surface area contributed by atoms with Crippen LogP contribution < -0.4 is 9.64 Å². The van der Waals surface area contributed by atoms with E-state index in [0.29, 0.717) is 45.7 Å². The molecule has 8 nitrogen and oxygen atoms in total. The summed E-state index contributed by atoms with van der Waals surface area (Å²) in [6.07, 6.45) is 3.67. The van der Waals surface area contributed by atoms with Gasteiger partial charge < -0.3 is 9.84 Å². The monoisotopic (exact) mass is 677 g/mol. The number of benzene rings is 3. The zero-order chi connectivity index (χ0) is 32.1. The Morgan fingerprint density at radius 1 is 0.870 bits per heavy atom. The van der Waals surface area contributed by atoms with E-state index in [4.69, 9.17) is 4.74 Å². The van der Waals surface area contributed by atoms with Crippen LogP contribution in [0.1, 0.15) is 40.2 Å². The molecule has 230 valence electrons. The second-order valence-corrected chi connectivity index (χ2v) is 12.6. The van der Waals surface area contributed by atoms with E-state index in [1.54, 1.807) is 60.7 Å². The van der Waals surface area contributed by atoms with Crippen molar-refractivity contribution in [2.24, 2.45) is 17.8 Å². The highest BCUT2D eigenvalue weighted by Crippen LogP contribution is 2.56. The van der Waals surface area contributed by atoms with Gasteiger partial charge in [-0.3, -0.25) is 28.9 Å². The number of Topliss-reactive ketones (excluding diaryl/α,β-unsaturated/α-hetero) is 1. The molecule has 46 heavy (non-hydrogen) atoms. The van der Waals surface area contributed by atoms with Gasteiger partial charge in [0.1, 0.15) is 12.4 Å². The van der Waals surface area contributed by atoms with Crippen molar-refractivity contribution < 1.29 is 33.8 Å². The molecule has 1 heterocycles. The lowest BCUT2D eigenvalue weighted by Crippen LogP contribution is -2.39. The topological polar surface area (TPSA) is 118 Å². The van der Waals surface area contributed by atoms with Crippen molar-refractivity contribution in [3.05, 3.63) is 129 Å². The maximum absolute atomic E-state index is 14.2. The predicted molar refractivity (Wildman–Crippen MR) is 172 cm³/mol. The van der Waals surface area contributed by atoms with Crippen molar-refractivity contribution in [1.29, 1.82) is 0 Å². The molecule has 4 aliphatic rings. The Morgan fingerprint density at radius 3 is 2.30 bits per heavy atom. The lowest BCUT2D eigenvalue weighted by molar-refractivity contribution is -0.123. The van der Waals surface area contributed by atoms with Crippen LogP contribution in [-0.2, 0) is 19.2 Å². The van der Waals surface area contributed by atoms with Gasteiger partial charge in [0.15, 0.2) is 17.3 Å². The first-order valence-corrected chi connectivity index (χ1v) is 15.9. The van der Waals surface area contributed by atoms with Gasteiger partial charge in [0.2, 0.25) is 11.8 Å². The number of nitrogens with zero attached hydrogens (tertiary/aromatic N) is 1. The minimum atomic E-state index is -0.743. The van der Waals surface area contributed by atoms with E-state index in [-0.39, 0.29) is 53.3 Å².